The third-order valence-corrected chi connectivity index (χ3v) is 1.77. The molecule has 96 valence electrons. The van der Waals surface area contributed by atoms with E-state index in [-0.39, 0.29) is 0 Å². The summed E-state index contributed by atoms with van der Waals surface area (Å²) in [5, 5.41) is 6.45. The quantitative estimate of drug-likeness (QED) is 0.520. The van der Waals surface area contributed by atoms with Gasteiger partial charge >= 0.3 is 6.09 Å². The standard InChI is InChI=1S/C5H13N3.C5H11NO2/c6-1-2-8-5-3-7-4-5;1-5(2,3)8-4(6)7/h5,7-8H,1-4,6H2;1-3H3,(H2,6,7). The number of rotatable bonds is 3. The van der Waals surface area contributed by atoms with Gasteiger partial charge in [0.1, 0.15) is 5.60 Å². The van der Waals surface area contributed by atoms with Gasteiger partial charge in [-0.05, 0) is 20.8 Å². The number of carbonyl (C=O) groups is 1. The molecule has 1 saturated heterocycles. The molecule has 1 heterocycles. The van der Waals surface area contributed by atoms with Crippen LogP contribution >= 0.6 is 0 Å². The van der Waals surface area contributed by atoms with Gasteiger partial charge in [0.15, 0.2) is 0 Å². The molecule has 6 N–H and O–H groups in total. The Bertz CT molecular complexity index is 199. The van der Waals surface area contributed by atoms with E-state index in [1.54, 1.807) is 20.8 Å². The summed E-state index contributed by atoms with van der Waals surface area (Å²) >= 11 is 0. The van der Waals surface area contributed by atoms with Crippen LogP contribution in [0.15, 0.2) is 0 Å². The number of hydrogen-bond acceptors (Lipinski definition) is 5. The Morgan fingerprint density at radius 3 is 2.25 bits per heavy atom. The van der Waals surface area contributed by atoms with Crippen molar-refractivity contribution in [2.24, 2.45) is 11.5 Å². The van der Waals surface area contributed by atoms with Crippen LogP contribution in [0.2, 0.25) is 0 Å². The molecular weight excluding hydrogens is 208 g/mol. The molecule has 0 atom stereocenters. The molecule has 0 saturated carbocycles. The zero-order valence-electron chi connectivity index (χ0n) is 10.4. The summed E-state index contributed by atoms with van der Waals surface area (Å²) in [6, 6.07) is 0.693. The molecule has 1 rings (SSSR count). The number of amides is 1. The van der Waals surface area contributed by atoms with Gasteiger partial charge in [0.25, 0.3) is 0 Å². The van der Waals surface area contributed by atoms with E-state index in [4.69, 9.17) is 11.5 Å². The van der Waals surface area contributed by atoms with E-state index >= 15 is 0 Å². The summed E-state index contributed by atoms with van der Waals surface area (Å²) < 4.78 is 4.58. The van der Waals surface area contributed by atoms with Crippen molar-refractivity contribution < 1.29 is 9.53 Å². The van der Waals surface area contributed by atoms with Crippen molar-refractivity contribution >= 4 is 6.09 Å². The first kappa shape index (κ1) is 15.2. The summed E-state index contributed by atoms with van der Waals surface area (Å²) in [5.74, 6) is 0. The Morgan fingerprint density at radius 1 is 1.50 bits per heavy atom. The second-order valence-electron chi connectivity index (χ2n) is 4.63. The first-order valence-corrected chi connectivity index (χ1v) is 5.48. The van der Waals surface area contributed by atoms with Crippen molar-refractivity contribution in [1.29, 1.82) is 0 Å². The number of carbonyl (C=O) groups excluding carboxylic acids is 1. The van der Waals surface area contributed by atoms with Crippen LogP contribution in [0, 0.1) is 0 Å². The summed E-state index contributed by atoms with van der Waals surface area (Å²) in [4.78, 5) is 10.0. The summed E-state index contributed by atoms with van der Waals surface area (Å²) in [7, 11) is 0. The molecule has 0 spiro atoms. The molecule has 0 bridgehead atoms. The highest BCUT2D eigenvalue weighted by atomic mass is 16.6. The highest BCUT2D eigenvalue weighted by Gasteiger charge is 2.14. The zero-order valence-corrected chi connectivity index (χ0v) is 10.4. The minimum Gasteiger partial charge on any atom is -0.444 e. The second-order valence-corrected chi connectivity index (χ2v) is 4.63. The third-order valence-electron chi connectivity index (χ3n) is 1.77. The van der Waals surface area contributed by atoms with E-state index in [1.807, 2.05) is 0 Å². The summed E-state index contributed by atoms with van der Waals surface area (Å²) in [6.45, 7) is 9.20. The van der Waals surface area contributed by atoms with Crippen molar-refractivity contribution in [2.45, 2.75) is 32.4 Å². The molecule has 0 aromatic carbocycles. The van der Waals surface area contributed by atoms with Gasteiger partial charge in [-0.15, -0.1) is 0 Å². The van der Waals surface area contributed by atoms with Crippen molar-refractivity contribution in [2.75, 3.05) is 26.2 Å². The molecular formula is C10H24N4O2. The Morgan fingerprint density at radius 2 is 2.06 bits per heavy atom. The average Bonchev–Trinajstić information content (AvgIpc) is 1.97. The van der Waals surface area contributed by atoms with Gasteiger partial charge in [0.2, 0.25) is 0 Å². The third kappa shape index (κ3) is 9.70. The van der Waals surface area contributed by atoms with Crippen LogP contribution in [0.25, 0.3) is 0 Å². The predicted octanol–water partition coefficient (Wildman–Crippen LogP) is -0.613. The van der Waals surface area contributed by atoms with E-state index in [0.717, 1.165) is 26.2 Å². The SMILES string of the molecule is CC(C)(C)OC(N)=O.NCCNC1CNC1. The van der Waals surface area contributed by atoms with Crippen molar-refractivity contribution in [3.63, 3.8) is 0 Å². The van der Waals surface area contributed by atoms with Crippen LogP contribution in [0.4, 0.5) is 4.79 Å². The van der Waals surface area contributed by atoms with Gasteiger partial charge in [-0.2, -0.15) is 0 Å². The predicted molar refractivity (Wildman–Crippen MR) is 64.1 cm³/mol. The molecule has 0 aliphatic carbocycles. The Labute approximate surface area is 97.1 Å². The van der Waals surface area contributed by atoms with E-state index in [2.05, 4.69) is 15.4 Å². The topological polar surface area (TPSA) is 102 Å². The lowest BCUT2D eigenvalue weighted by Crippen LogP contribution is -2.56. The van der Waals surface area contributed by atoms with Crippen LogP contribution in [0.1, 0.15) is 20.8 Å². The Hall–Kier alpha value is -0.850. The van der Waals surface area contributed by atoms with Gasteiger partial charge in [-0.25, -0.2) is 4.79 Å². The summed E-state index contributed by atoms with van der Waals surface area (Å²) in [5.41, 5.74) is 9.54. The summed E-state index contributed by atoms with van der Waals surface area (Å²) in [6.07, 6.45) is -0.725. The lowest BCUT2D eigenvalue weighted by atomic mass is 10.2. The minimum atomic E-state index is -0.725. The lowest BCUT2D eigenvalue weighted by Gasteiger charge is -2.27. The molecule has 1 aliphatic rings. The largest absolute Gasteiger partial charge is 0.444 e. The van der Waals surface area contributed by atoms with Gasteiger partial charge < -0.3 is 26.8 Å². The van der Waals surface area contributed by atoms with Gasteiger partial charge in [0, 0.05) is 32.2 Å². The normalized spacial score (nSPS) is 15.8. The number of hydrogen-bond donors (Lipinski definition) is 4. The van der Waals surface area contributed by atoms with Crippen molar-refractivity contribution in [3.8, 4) is 0 Å². The van der Waals surface area contributed by atoms with Crippen LogP contribution in [-0.2, 0) is 4.74 Å². The number of nitrogens with two attached hydrogens (primary N) is 2. The molecule has 16 heavy (non-hydrogen) atoms. The van der Waals surface area contributed by atoms with Crippen LogP contribution in [0.3, 0.4) is 0 Å². The van der Waals surface area contributed by atoms with Gasteiger partial charge in [0.05, 0.1) is 0 Å². The van der Waals surface area contributed by atoms with Crippen molar-refractivity contribution in [3.05, 3.63) is 0 Å². The molecule has 1 amide bonds. The molecule has 0 radical (unpaired) electrons. The highest BCUT2D eigenvalue weighted by Crippen LogP contribution is 2.04. The molecule has 1 aliphatic heterocycles. The molecule has 6 heteroatoms. The van der Waals surface area contributed by atoms with E-state index in [0.29, 0.717) is 6.04 Å². The van der Waals surface area contributed by atoms with Crippen LogP contribution in [0.5, 0.6) is 0 Å². The fourth-order valence-corrected chi connectivity index (χ4v) is 1.02. The van der Waals surface area contributed by atoms with E-state index in [9.17, 15) is 4.79 Å². The van der Waals surface area contributed by atoms with E-state index < -0.39 is 11.7 Å². The minimum absolute atomic E-state index is 0.453. The maximum absolute atomic E-state index is 10.0. The fourth-order valence-electron chi connectivity index (χ4n) is 1.02. The first-order valence-electron chi connectivity index (χ1n) is 5.48. The number of ether oxygens (including phenoxy) is 1. The number of nitrogens with one attached hydrogen (secondary N) is 2. The van der Waals surface area contributed by atoms with E-state index in [1.165, 1.54) is 0 Å². The number of primary amides is 1. The van der Waals surface area contributed by atoms with Crippen LogP contribution in [-0.4, -0.2) is 43.9 Å². The van der Waals surface area contributed by atoms with Gasteiger partial charge in [-0.1, -0.05) is 0 Å². The van der Waals surface area contributed by atoms with Crippen molar-refractivity contribution in [1.82, 2.24) is 10.6 Å². The molecule has 1 fully saturated rings. The smallest absolute Gasteiger partial charge is 0.405 e. The maximum atomic E-state index is 10.0. The molecule has 6 nitrogen and oxygen atoms in total. The Balaban J connectivity index is 0.000000281. The lowest BCUT2D eigenvalue weighted by molar-refractivity contribution is 0.0600. The van der Waals surface area contributed by atoms with Gasteiger partial charge in [-0.3, -0.25) is 0 Å². The first-order chi connectivity index (χ1) is 7.35. The zero-order chi connectivity index (χ0) is 12.6. The highest BCUT2D eigenvalue weighted by molar-refractivity contribution is 5.65. The monoisotopic (exact) mass is 232 g/mol. The average molecular weight is 232 g/mol. The van der Waals surface area contributed by atoms with Crippen LogP contribution < -0.4 is 22.1 Å². The maximum Gasteiger partial charge on any atom is 0.405 e. The molecule has 0 aromatic rings. The second kappa shape index (κ2) is 7.43. The molecule has 0 unspecified atom stereocenters. The Kier molecular flexibility index (Phi) is 7.03. The molecule has 0 aromatic heterocycles. The fraction of sp³-hybridized carbons (Fsp3) is 0.900.